The third-order valence-electron chi connectivity index (χ3n) is 7.62. The van der Waals surface area contributed by atoms with Gasteiger partial charge < -0.3 is 9.47 Å². The van der Waals surface area contributed by atoms with Crippen LogP contribution in [0.25, 0.3) is 45.6 Å². The summed E-state index contributed by atoms with van der Waals surface area (Å²) in [6, 6.07) is 39.2. The van der Waals surface area contributed by atoms with E-state index in [0.29, 0.717) is 26.4 Å². The van der Waals surface area contributed by atoms with Crippen molar-refractivity contribution >= 4 is 0 Å². The Morgan fingerprint density at radius 1 is 0.388 bits per heavy atom. The average molecular weight is 644 g/mol. The van der Waals surface area contributed by atoms with Crippen molar-refractivity contribution in [2.75, 3.05) is 0 Å². The van der Waals surface area contributed by atoms with Crippen molar-refractivity contribution in [3.05, 3.63) is 162 Å². The van der Waals surface area contributed by atoms with E-state index in [-0.39, 0.29) is 0 Å². The Morgan fingerprint density at radius 3 is 1.37 bits per heavy atom. The summed E-state index contributed by atoms with van der Waals surface area (Å²) in [5, 5.41) is 0. The second kappa shape index (κ2) is 15.2. The molecule has 0 spiro atoms. The molecule has 0 unspecified atom stereocenters. The molecule has 0 bridgehead atoms. The number of hydrogen-bond acceptors (Lipinski definition) is 9. The molecule has 0 aromatic carbocycles. The van der Waals surface area contributed by atoms with Crippen molar-refractivity contribution in [1.82, 2.24) is 34.9 Å². The predicted molar refractivity (Wildman–Crippen MR) is 187 cm³/mol. The SMILES string of the molecule is Cc1cccc(-c2cccc(COCc3cccc(-c4cccc(COCc5ccc(-c6cccc(-c7ccccn7)n6)nc5)n4)n3)n2)n1. The van der Waals surface area contributed by atoms with Crippen LogP contribution in [-0.2, 0) is 35.9 Å². The summed E-state index contributed by atoms with van der Waals surface area (Å²) in [6.45, 7) is 3.45. The molecule has 0 aliphatic heterocycles. The molecule has 7 aromatic rings. The van der Waals surface area contributed by atoms with Crippen LogP contribution in [0.4, 0.5) is 0 Å². The zero-order valence-electron chi connectivity index (χ0n) is 27.0. The van der Waals surface area contributed by atoms with Gasteiger partial charge in [0.1, 0.15) is 0 Å². The first-order chi connectivity index (χ1) is 24.2. The highest BCUT2D eigenvalue weighted by atomic mass is 16.5. The van der Waals surface area contributed by atoms with E-state index in [0.717, 1.165) is 73.9 Å². The molecular formula is C40H33N7O2. The van der Waals surface area contributed by atoms with E-state index in [4.69, 9.17) is 29.4 Å². The molecule has 0 aliphatic carbocycles. The van der Waals surface area contributed by atoms with E-state index >= 15 is 0 Å². The molecule has 0 atom stereocenters. The molecule has 7 rings (SSSR count). The van der Waals surface area contributed by atoms with Gasteiger partial charge in [0.25, 0.3) is 0 Å². The minimum absolute atomic E-state index is 0.351. The number of nitrogens with zero attached hydrogens (tertiary/aromatic N) is 7. The van der Waals surface area contributed by atoms with Crippen LogP contribution < -0.4 is 0 Å². The quantitative estimate of drug-likeness (QED) is 0.131. The molecule has 49 heavy (non-hydrogen) atoms. The molecule has 7 aromatic heterocycles. The predicted octanol–water partition coefficient (Wildman–Crippen LogP) is 7.86. The van der Waals surface area contributed by atoms with E-state index in [9.17, 15) is 0 Å². The monoisotopic (exact) mass is 643 g/mol. The molecule has 0 aliphatic rings. The van der Waals surface area contributed by atoms with Crippen LogP contribution in [0.15, 0.2) is 134 Å². The summed E-state index contributed by atoms with van der Waals surface area (Å²) in [5.41, 5.74) is 10.8. The van der Waals surface area contributed by atoms with Gasteiger partial charge in [-0.15, -0.1) is 0 Å². The van der Waals surface area contributed by atoms with Gasteiger partial charge in [0.05, 0.1) is 89.1 Å². The molecule has 9 nitrogen and oxygen atoms in total. The summed E-state index contributed by atoms with van der Waals surface area (Å²) in [4.78, 5) is 32.7. The first-order valence-corrected chi connectivity index (χ1v) is 16.0. The van der Waals surface area contributed by atoms with Crippen molar-refractivity contribution in [1.29, 1.82) is 0 Å². The summed E-state index contributed by atoms with van der Waals surface area (Å²) >= 11 is 0. The topological polar surface area (TPSA) is 109 Å². The van der Waals surface area contributed by atoms with Gasteiger partial charge in [0.2, 0.25) is 0 Å². The van der Waals surface area contributed by atoms with Gasteiger partial charge in [-0.3, -0.25) is 15.0 Å². The van der Waals surface area contributed by atoms with E-state index in [2.05, 4.69) is 15.0 Å². The molecule has 0 amide bonds. The summed E-state index contributed by atoms with van der Waals surface area (Å²) in [7, 11) is 0. The van der Waals surface area contributed by atoms with Gasteiger partial charge in [0.15, 0.2) is 0 Å². The Hall–Kier alpha value is -6.03. The maximum atomic E-state index is 6.00. The Balaban J connectivity index is 0.923. The van der Waals surface area contributed by atoms with Crippen molar-refractivity contribution in [2.45, 2.75) is 33.4 Å². The minimum Gasteiger partial charge on any atom is -0.370 e. The van der Waals surface area contributed by atoms with Crippen molar-refractivity contribution in [3.63, 3.8) is 0 Å². The average Bonchev–Trinajstić information content (AvgIpc) is 3.16. The molecule has 9 heteroatoms. The highest BCUT2D eigenvalue weighted by Crippen LogP contribution is 2.21. The zero-order valence-corrected chi connectivity index (χ0v) is 27.0. The lowest BCUT2D eigenvalue weighted by Gasteiger charge is -2.09. The lowest BCUT2D eigenvalue weighted by atomic mass is 10.2. The van der Waals surface area contributed by atoms with Crippen molar-refractivity contribution < 1.29 is 9.47 Å². The molecule has 0 saturated heterocycles. The Morgan fingerprint density at radius 2 is 0.857 bits per heavy atom. The number of ether oxygens (including phenoxy) is 2. The lowest BCUT2D eigenvalue weighted by Crippen LogP contribution is -2.01. The standard InChI is InChI=1S/C40H33N7O2/c1-28-9-4-14-37(43-28)38-15-5-11-31(44-38)26-49-27-32-12-7-17-40(46-32)39-16-6-10-30(45-39)25-48-24-29-20-21-34(42-23-29)36-19-8-18-35(47-36)33-13-2-3-22-41-33/h2-23H,24-27H2,1H3. The molecular weight excluding hydrogens is 610 g/mol. The number of pyridine rings is 7. The molecule has 0 radical (unpaired) electrons. The van der Waals surface area contributed by atoms with Gasteiger partial charge >= 0.3 is 0 Å². The maximum Gasteiger partial charge on any atom is 0.0894 e. The van der Waals surface area contributed by atoms with Crippen molar-refractivity contribution in [3.8, 4) is 45.6 Å². The van der Waals surface area contributed by atoms with Crippen LogP contribution in [0, 0.1) is 6.92 Å². The normalized spacial score (nSPS) is 11.0. The Kier molecular flexibility index (Phi) is 9.82. The van der Waals surface area contributed by atoms with E-state index in [1.165, 1.54) is 0 Å². The Bertz CT molecular complexity index is 2160. The third kappa shape index (κ3) is 8.28. The highest BCUT2D eigenvalue weighted by molar-refractivity contribution is 5.61. The summed E-state index contributed by atoms with van der Waals surface area (Å²) in [5.74, 6) is 0. The molecule has 0 N–H and O–H groups in total. The number of aromatic nitrogens is 7. The van der Waals surface area contributed by atoms with Gasteiger partial charge in [-0.2, -0.15) is 0 Å². The third-order valence-corrected chi connectivity index (χ3v) is 7.62. The van der Waals surface area contributed by atoms with Crippen LogP contribution in [0.3, 0.4) is 0 Å². The second-order valence-electron chi connectivity index (χ2n) is 11.4. The summed E-state index contributed by atoms with van der Waals surface area (Å²) in [6.07, 6.45) is 3.58. The van der Waals surface area contributed by atoms with Gasteiger partial charge in [-0.25, -0.2) is 19.9 Å². The van der Waals surface area contributed by atoms with E-state index in [1.807, 2.05) is 134 Å². The molecule has 7 heterocycles. The molecule has 0 saturated carbocycles. The van der Waals surface area contributed by atoms with E-state index in [1.54, 1.807) is 6.20 Å². The second-order valence-corrected chi connectivity index (χ2v) is 11.4. The van der Waals surface area contributed by atoms with Crippen LogP contribution in [0.1, 0.15) is 28.3 Å². The number of aryl methyl sites for hydroxylation is 1. The van der Waals surface area contributed by atoms with Crippen LogP contribution in [-0.4, -0.2) is 34.9 Å². The van der Waals surface area contributed by atoms with E-state index < -0.39 is 0 Å². The Labute approximate surface area is 284 Å². The van der Waals surface area contributed by atoms with Crippen molar-refractivity contribution in [2.24, 2.45) is 0 Å². The fraction of sp³-hybridized carbons (Fsp3) is 0.125. The summed E-state index contributed by atoms with van der Waals surface area (Å²) < 4.78 is 12.0. The molecule has 0 fully saturated rings. The minimum atomic E-state index is 0.351. The van der Waals surface area contributed by atoms with Gasteiger partial charge in [-0.1, -0.05) is 42.5 Å². The lowest BCUT2D eigenvalue weighted by molar-refractivity contribution is 0.102. The number of rotatable bonds is 12. The smallest absolute Gasteiger partial charge is 0.0894 e. The highest BCUT2D eigenvalue weighted by Gasteiger charge is 2.09. The first-order valence-electron chi connectivity index (χ1n) is 16.0. The largest absolute Gasteiger partial charge is 0.370 e. The van der Waals surface area contributed by atoms with Gasteiger partial charge in [0, 0.05) is 18.1 Å². The molecule has 240 valence electrons. The number of hydrogen-bond donors (Lipinski definition) is 0. The van der Waals surface area contributed by atoms with Crippen LogP contribution in [0.5, 0.6) is 0 Å². The van der Waals surface area contributed by atoms with Crippen LogP contribution in [0.2, 0.25) is 0 Å². The fourth-order valence-electron chi connectivity index (χ4n) is 5.22. The zero-order chi connectivity index (χ0) is 33.3. The van der Waals surface area contributed by atoms with Crippen LogP contribution >= 0.6 is 0 Å². The van der Waals surface area contributed by atoms with Gasteiger partial charge in [-0.05, 0) is 91.3 Å². The first kappa shape index (κ1) is 31.6. The fourth-order valence-corrected chi connectivity index (χ4v) is 5.22. The maximum absolute atomic E-state index is 6.00.